The smallest absolute Gasteiger partial charge is 0.151 e. The first-order valence-corrected chi connectivity index (χ1v) is 6.13. The van der Waals surface area contributed by atoms with Crippen LogP contribution in [0.25, 0.3) is 0 Å². The largest absolute Gasteiger partial charge is 0.454 e. The Hall–Kier alpha value is -1.99. The van der Waals surface area contributed by atoms with Crippen LogP contribution in [0.1, 0.15) is 11.1 Å². The zero-order valence-electron chi connectivity index (χ0n) is 9.77. The molecule has 0 unspecified atom stereocenters. The maximum Gasteiger partial charge on any atom is 0.151 e. The van der Waals surface area contributed by atoms with Crippen molar-refractivity contribution < 1.29 is 4.74 Å². The summed E-state index contributed by atoms with van der Waals surface area (Å²) in [6, 6.07) is 12.9. The average molecular weight is 303 g/mol. The van der Waals surface area contributed by atoms with Crippen molar-refractivity contribution in [1.82, 2.24) is 0 Å². The van der Waals surface area contributed by atoms with Gasteiger partial charge in [0.15, 0.2) is 5.75 Å². The van der Waals surface area contributed by atoms with E-state index < -0.39 is 0 Å². The summed E-state index contributed by atoms with van der Waals surface area (Å²) in [4.78, 5) is 0. The lowest BCUT2D eigenvalue weighted by atomic mass is 10.2. The van der Waals surface area contributed by atoms with Gasteiger partial charge in [0.05, 0.1) is 15.7 Å². The third-order valence-corrected chi connectivity index (χ3v) is 3.11. The number of benzene rings is 2. The first kappa shape index (κ1) is 12.5. The van der Waals surface area contributed by atoms with E-state index in [1.54, 1.807) is 18.2 Å². The number of aryl methyl sites for hydroxylation is 1. The van der Waals surface area contributed by atoms with Gasteiger partial charge in [-0.2, -0.15) is 5.26 Å². The van der Waals surface area contributed by atoms with Crippen molar-refractivity contribution in [2.24, 2.45) is 0 Å². The van der Waals surface area contributed by atoms with E-state index in [2.05, 4.69) is 15.9 Å². The zero-order valence-corrected chi connectivity index (χ0v) is 11.4. The Bertz CT molecular complexity index is 632. The van der Waals surface area contributed by atoms with Gasteiger partial charge in [-0.15, -0.1) is 0 Å². The van der Waals surface area contributed by atoms with Crippen molar-refractivity contribution in [3.63, 3.8) is 0 Å². The molecule has 2 aromatic rings. The van der Waals surface area contributed by atoms with Crippen molar-refractivity contribution in [3.8, 4) is 17.6 Å². The lowest BCUT2D eigenvalue weighted by Gasteiger charge is -2.11. The van der Waals surface area contributed by atoms with Crippen LogP contribution < -0.4 is 10.5 Å². The van der Waals surface area contributed by atoms with Crippen molar-refractivity contribution in [1.29, 1.82) is 5.26 Å². The lowest BCUT2D eigenvalue weighted by Crippen LogP contribution is -1.95. The Balaban J connectivity index is 2.38. The minimum absolute atomic E-state index is 0.354. The number of nitriles is 1. The number of nitrogens with zero attached hydrogens (tertiary/aromatic N) is 1. The second kappa shape index (κ2) is 5.11. The van der Waals surface area contributed by atoms with Gasteiger partial charge in [-0.25, -0.2) is 0 Å². The summed E-state index contributed by atoms with van der Waals surface area (Å²) in [5.74, 6) is 1.15. The second-order valence-electron chi connectivity index (χ2n) is 3.87. The summed E-state index contributed by atoms with van der Waals surface area (Å²) in [6.45, 7) is 2.00. The predicted octanol–water partition coefficient (Wildman–Crippen LogP) is 4.00. The Kier molecular flexibility index (Phi) is 3.54. The van der Waals surface area contributed by atoms with Crippen LogP contribution in [0.5, 0.6) is 11.5 Å². The number of ether oxygens (including phenoxy) is 1. The molecule has 0 bridgehead atoms. The number of hydrogen-bond donors (Lipinski definition) is 1. The van der Waals surface area contributed by atoms with Crippen LogP contribution in [0.4, 0.5) is 5.69 Å². The van der Waals surface area contributed by atoms with Crippen LogP contribution in [0.2, 0.25) is 0 Å². The first-order chi connectivity index (χ1) is 8.61. The van der Waals surface area contributed by atoms with Gasteiger partial charge < -0.3 is 10.5 Å². The molecular weight excluding hydrogens is 292 g/mol. The summed E-state index contributed by atoms with van der Waals surface area (Å²) in [6.07, 6.45) is 0. The molecule has 0 amide bonds. The number of anilines is 1. The molecule has 90 valence electrons. The minimum atomic E-state index is 0.354. The maximum absolute atomic E-state index is 8.91. The molecule has 2 N–H and O–H groups in total. The molecule has 0 radical (unpaired) electrons. The molecule has 2 rings (SSSR count). The number of nitrogens with two attached hydrogens (primary N) is 1. The van der Waals surface area contributed by atoms with Gasteiger partial charge >= 0.3 is 0 Å². The number of nitrogen functional groups attached to an aromatic ring is 1. The average Bonchev–Trinajstić information content (AvgIpc) is 2.35. The van der Waals surface area contributed by atoms with Gasteiger partial charge in [0, 0.05) is 0 Å². The molecule has 0 saturated heterocycles. The van der Waals surface area contributed by atoms with E-state index in [-0.39, 0.29) is 0 Å². The summed E-state index contributed by atoms with van der Waals surface area (Å²) in [5.41, 5.74) is 7.76. The summed E-state index contributed by atoms with van der Waals surface area (Å²) in [7, 11) is 0. The van der Waals surface area contributed by atoms with E-state index in [1.807, 2.05) is 31.2 Å². The van der Waals surface area contributed by atoms with Gasteiger partial charge in [0.1, 0.15) is 11.8 Å². The molecule has 18 heavy (non-hydrogen) atoms. The van der Waals surface area contributed by atoms with E-state index >= 15 is 0 Å². The highest BCUT2D eigenvalue weighted by Crippen LogP contribution is 2.34. The topological polar surface area (TPSA) is 59.0 Å². The standard InChI is InChI=1S/C14H11BrN2O/c1-9-5-6-12(11(15)7-9)18-13-4-2-3-10(8-16)14(13)17/h2-7H,17H2,1H3. The van der Waals surface area contributed by atoms with Crippen molar-refractivity contribution >= 4 is 21.6 Å². The highest BCUT2D eigenvalue weighted by atomic mass is 79.9. The number of hydrogen-bond acceptors (Lipinski definition) is 3. The van der Waals surface area contributed by atoms with Gasteiger partial charge in [-0.1, -0.05) is 12.1 Å². The number of halogens is 1. The molecule has 0 fully saturated rings. The molecule has 0 spiro atoms. The van der Waals surface area contributed by atoms with Gasteiger partial charge in [0.2, 0.25) is 0 Å². The monoisotopic (exact) mass is 302 g/mol. The van der Waals surface area contributed by atoms with E-state index in [4.69, 9.17) is 15.7 Å². The van der Waals surface area contributed by atoms with Gasteiger partial charge in [-0.3, -0.25) is 0 Å². The minimum Gasteiger partial charge on any atom is -0.454 e. The third kappa shape index (κ3) is 2.47. The summed E-state index contributed by atoms with van der Waals surface area (Å²) >= 11 is 3.43. The van der Waals surface area contributed by atoms with Crippen LogP contribution in [-0.4, -0.2) is 0 Å². The van der Waals surface area contributed by atoms with Crippen molar-refractivity contribution in [2.75, 3.05) is 5.73 Å². The van der Waals surface area contributed by atoms with Crippen molar-refractivity contribution in [2.45, 2.75) is 6.92 Å². The molecule has 0 aliphatic carbocycles. The number of para-hydroxylation sites is 1. The molecule has 3 nitrogen and oxygen atoms in total. The van der Waals surface area contributed by atoms with Gasteiger partial charge in [0.25, 0.3) is 0 Å². The highest BCUT2D eigenvalue weighted by molar-refractivity contribution is 9.10. The summed E-state index contributed by atoms with van der Waals surface area (Å²) in [5, 5.41) is 8.91. The molecule has 0 atom stereocenters. The Morgan fingerprint density at radius 2 is 2.00 bits per heavy atom. The molecule has 0 aliphatic rings. The first-order valence-electron chi connectivity index (χ1n) is 5.34. The van der Waals surface area contributed by atoms with Crippen LogP contribution in [-0.2, 0) is 0 Å². The van der Waals surface area contributed by atoms with E-state index in [0.717, 1.165) is 10.0 Å². The van der Waals surface area contributed by atoms with Crippen LogP contribution in [0, 0.1) is 18.3 Å². The fraction of sp³-hybridized carbons (Fsp3) is 0.0714. The van der Waals surface area contributed by atoms with E-state index in [9.17, 15) is 0 Å². The number of rotatable bonds is 2. The third-order valence-electron chi connectivity index (χ3n) is 2.49. The quantitative estimate of drug-likeness (QED) is 0.853. The van der Waals surface area contributed by atoms with Crippen LogP contribution in [0.3, 0.4) is 0 Å². The van der Waals surface area contributed by atoms with Crippen LogP contribution in [0.15, 0.2) is 40.9 Å². The second-order valence-corrected chi connectivity index (χ2v) is 4.72. The lowest BCUT2D eigenvalue weighted by molar-refractivity contribution is 0.481. The predicted molar refractivity (Wildman–Crippen MR) is 74.5 cm³/mol. The summed E-state index contributed by atoms with van der Waals surface area (Å²) < 4.78 is 6.57. The Morgan fingerprint density at radius 1 is 1.22 bits per heavy atom. The van der Waals surface area contributed by atoms with Crippen LogP contribution >= 0.6 is 15.9 Å². The molecule has 0 heterocycles. The Morgan fingerprint density at radius 3 is 2.67 bits per heavy atom. The van der Waals surface area contributed by atoms with E-state index in [0.29, 0.717) is 22.7 Å². The fourth-order valence-electron chi connectivity index (χ4n) is 1.54. The van der Waals surface area contributed by atoms with Gasteiger partial charge in [-0.05, 0) is 52.7 Å². The maximum atomic E-state index is 8.91. The molecule has 4 heteroatoms. The van der Waals surface area contributed by atoms with Crippen molar-refractivity contribution in [3.05, 3.63) is 52.0 Å². The fourth-order valence-corrected chi connectivity index (χ4v) is 2.11. The normalized spacial score (nSPS) is 9.83. The zero-order chi connectivity index (χ0) is 13.1. The molecule has 2 aromatic carbocycles. The molecule has 0 saturated carbocycles. The molecule has 0 aliphatic heterocycles. The molecule has 0 aromatic heterocycles. The Labute approximate surface area is 114 Å². The molecular formula is C14H11BrN2O. The van der Waals surface area contributed by atoms with E-state index in [1.165, 1.54) is 0 Å². The SMILES string of the molecule is Cc1ccc(Oc2cccc(C#N)c2N)c(Br)c1. The highest BCUT2D eigenvalue weighted by Gasteiger charge is 2.08.